The fraction of sp³-hybridized carbons (Fsp3) is 0.370. The van der Waals surface area contributed by atoms with Crippen LogP contribution in [-0.2, 0) is 16.0 Å². The molecule has 0 unspecified atom stereocenters. The Kier molecular flexibility index (Phi) is 8.61. The van der Waals surface area contributed by atoms with E-state index in [1.54, 1.807) is 24.1 Å². The van der Waals surface area contributed by atoms with Crippen LogP contribution in [0.2, 0.25) is 0 Å². The molecule has 0 atom stereocenters. The zero-order valence-corrected chi connectivity index (χ0v) is 22.7. The number of thioether (sulfide) groups is 1. The minimum absolute atomic E-state index is 0.0636. The van der Waals surface area contributed by atoms with Gasteiger partial charge in [-0.05, 0) is 71.0 Å². The minimum Gasteiger partial charge on any atom is -0.493 e. The highest BCUT2D eigenvalue weighted by molar-refractivity contribution is 8.03. The highest BCUT2D eigenvalue weighted by Gasteiger charge is 2.34. The van der Waals surface area contributed by atoms with Gasteiger partial charge in [-0.15, -0.1) is 11.3 Å². The van der Waals surface area contributed by atoms with E-state index in [1.165, 1.54) is 23.1 Å². The molecule has 3 aromatic rings. The lowest BCUT2D eigenvalue weighted by Crippen LogP contribution is -2.36. The molecule has 0 spiro atoms. The molecule has 8 heteroatoms. The number of rotatable bonds is 9. The Morgan fingerprint density at radius 2 is 1.66 bits per heavy atom. The van der Waals surface area contributed by atoms with Gasteiger partial charge in [0.05, 0.1) is 12.3 Å². The summed E-state index contributed by atoms with van der Waals surface area (Å²) in [6.07, 6.45) is 0.651. The lowest BCUT2D eigenvalue weighted by atomic mass is 10.1. The SMILES string of the molecule is CN(C(=O)c1ccccc1)c1ccc(OCCc2csc(SC(C)(C)C(=O)OC(C)(C)C)n2)cc1. The second-order valence-corrected chi connectivity index (χ2v) is 12.3. The summed E-state index contributed by atoms with van der Waals surface area (Å²) in [4.78, 5) is 31.4. The van der Waals surface area contributed by atoms with Crippen molar-refractivity contribution >= 4 is 40.7 Å². The molecule has 0 radical (unpaired) electrons. The number of thiazole rings is 1. The second-order valence-electron chi connectivity index (χ2n) is 9.54. The quantitative estimate of drug-likeness (QED) is 0.249. The van der Waals surface area contributed by atoms with E-state index >= 15 is 0 Å². The number of hydrogen-bond donors (Lipinski definition) is 0. The van der Waals surface area contributed by atoms with Crippen molar-refractivity contribution in [3.05, 3.63) is 71.2 Å². The summed E-state index contributed by atoms with van der Waals surface area (Å²) >= 11 is 2.93. The molecule has 0 bridgehead atoms. The van der Waals surface area contributed by atoms with E-state index in [9.17, 15) is 9.59 Å². The summed E-state index contributed by atoms with van der Waals surface area (Å²) < 4.78 is 11.5. The van der Waals surface area contributed by atoms with Crippen LogP contribution in [0.15, 0.2) is 64.3 Å². The van der Waals surface area contributed by atoms with Gasteiger partial charge in [0.15, 0.2) is 4.34 Å². The molecule has 35 heavy (non-hydrogen) atoms. The Bertz CT molecular complexity index is 1140. The number of ether oxygens (including phenoxy) is 2. The molecule has 0 saturated heterocycles. The summed E-state index contributed by atoms with van der Waals surface area (Å²) in [6.45, 7) is 9.77. The van der Waals surface area contributed by atoms with Gasteiger partial charge in [-0.25, -0.2) is 4.98 Å². The van der Waals surface area contributed by atoms with Crippen molar-refractivity contribution in [2.24, 2.45) is 0 Å². The second kappa shape index (κ2) is 11.3. The zero-order valence-electron chi connectivity index (χ0n) is 21.0. The Morgan fingerprint density at radius 3 is 2.29 bits per heavy atom. The molecule has 6 nitrogen and oxygen atoms in total. The number of aromatic nitrogens is 1. The molecule has 1 heterocycles. The van der Waals surface area contributed by atoms with Gasteiger partial charge in [0.1, 0.15) is 16.1 Å². The fourth-order valence-corrected chi connectivity index (χ4v) is 5.31. The molecule has 0 aliphatic carbocycles. The van der Waals surface area contributed by atoms with Crippen molar-refractivity contribution in [2.45, 2.75) is 55.7 Å². The summed E-state index contributed by atoms with van der Waals surface area (Å²) in [5.41, 5.74) is 1.83. The minimum atomic E-state index is -0.726. The largest absolute Gasteiger partial charge is 0.493 e. The van der Waals surface area contributed by atoms with Crippen molar-refractivity contribution in [2.75, 3.05) is 18.6 Å². The van der Waals surface area contributed by atoms with E-state index in [0.29, 0.717) is 18.6 Å². The maximum absolute atomic E-state index is 12.6. The van der Waals surface area contributed by atoms with Crippen molar-refractivity contribution in [1.82, 2.24) is 4.98 Å². The molecule has 0 N–H and O–H groups in total. The number of carbonyl (C=O) groups excluding carboxylic acids is 2. The molecule has 1 aromatic heterocycles. The zero-order chi connectivity index (χ0) is 25.6. The Hall–Kier alpha value is -2.84. The van der Waals surface area contributed by atoms with Gasteiger partial charge in [-0.3, -0.25) is 9.59 Å². The topological polar surface area (TPSA) is 68.7 Å². The highest BCUT2D eigenvalue weighted by Crippen LogP contribution is 2.36. The van der Waals surface area contributed by atoms with Crippen LogP contribution in [0.25, 0.3) is 0 Å². The molecular formula is C27H32N2O4S2. The number of esters is 1. The number of anilines is 1. The predicted octanol–water partition coefficient (Wildman–Crippen LogP) is 6.25. The Balaban J connectivity index is 1.49. The van der Waals surface area contributed by atoms with E-state index in [-0.39, 0.29) is 11.9 Å². The lowest BCUT2D eigenvalue weighted by Gasteiger charge is -2.27. The average molecular weight is 513 g/mol. The monoisotopic (exact) mass is 512 g/mol. The third-order valence-corrected chi connectivity index (χ3v) is 7.10. The first-order valence-electron chi connectivity index (χ1n) is 11.4. The lowest BCUT2D eigenvalue weighted by molar-refractivity contribution is -0.156. The van der Waals surface area contributed by atoms with E-state index in [1.807, 2.05) is 82.5 Å². The van der Waals surface area contributed by atoms with Crippen LogP contribution in [-0.4, -0.2) is 40.9 Å². The smallest absolute Gasteiger partial charge is 0.322 e. The first-order chi connectivity index (χ1) is 16.4. The number of amides is 1. The molecule has 0 aliphatic rings. The maximum Gasteiger partial charge on any atom is 0.322 e. The summed E-state index contributed by atoms with van der Waals surface area (Å²) in [6, 6.07) is 16.6. The summed E-state index contributed by atoms with van der Waals surface area (Å²) in [7, 11) is 1.76. The van der Waals surface area contributed by atoms with Crippen molar-refractivity contribution < 1.29 is 19.1 Å². The summed E-state index contributed by atoms with van der Waals surface area (Å²) in [5, 5.41) is 1.99. The number of carbonyl (C=O) groups is 2. The van der Waals surface area contributed by atoms with Crippen LogP contribution in [0.5, 0.6) is 5.75 Å². The number of hydrogen-bond acceptors (Lipinski definition) is 7. The fourth-order valence-electron chi connectivity index (χ4n) is 3.04. The van der Waals surface area contributed by atoms with Crippen molar-refractivity contribution in [3.8, 4) is 5.75 Å². The number of nitrogens with zero attached hydrogens (tertiary/aromatic N) is 2. The Morgan fingerprint density at radius 1 is 1.00 bits per heavy atom. The highest BCUT2D eigenvalue weighted by atomic mass is 32.2. The van der Waals surface area contributed by atoms with Crippen LogP contribution in [0.4, 0.5) is 5.69 Å². The first kappa shape index (κ1) is 26.8. The van der Waals surface area contributed by atoms with Gasteiger partial charge in [-0.1, -0.05) is 30.0 Å². The van der Waals surface area contributed by atoms with Gasteiger partial charge in [-0.2, -0.15) is 0 Å². The van der Waals surface area contributed by atoms with Crippen LogP contribution >= 0.6 is 23.1 Å². The molecule has 0 fully saturated rings. The normalized spacial score (nSPS) is 11.7. The van der Waals surface area contributed by atoms with Crippen molar-refractivity contribution in [3.63, 3.8) is 0 Å². The molecule has 186 valence electrons. The predicted molar refractivity (Wildman–Crippen MR) is 143 cm³/mol. The van der Waals surface area contributed by atoms with Gasteiger partial charge in [0, 0.05) is 30.1 Å². The van der Waals surface area contributed by atoms with Crippen molar-refractivity contribution in [1.29, 1.82) is 0 Å². The third kappa shape index (κ3) is 7.83. The van der Waals surface area contributed by atoms with E-state index in [4.69, 9.17) is 9.47 Å². The molecule has 2 aromatic carbocycles. The first-order valence-corrected chi connectivity index (χ1v) is 13.1. The molecule has 1 amide bonds. The third-order valence-electron chi connectivity index (χ3n) is 4.94. The standard InChI is InChI=1S/C27H32N2O4S2/c1-26(2,3)33-24(31)27(4,5)35-25-28-20(18-34-25)16-17-32-22-14-12-21(13-15-22)29(6)23(30)19-10-8-7-9-11-19/h7-15,18H,16-17H2,1-6H3. The maximum atomic E-state index is 12.6. The van der Waals surface area contributed by atoms with E-state index in [2.05, 4.69) is 4.98 Å². The van der Waals surface area contributed by atoms with Gasteiger partial charge in [0.25, 0.3) is 5.91 Å². The van der Waals surface area contributed by atoms with Crippen LogP contribution in [0.3, 0.4) is 0 Å². The molecule has 0 aliphatic heterocycles. The van der Waals surface area contributed by atoms with E-state index < -0.39 is 10.3 Å². The van der Waals surface area contributed by atoms with Crippen LogP contribution in [0.1, 0.15) is 50.7 Å². The van der Waals surface area contributed by atoms with Gasteiger partial charge < -0.3 is 14.4 Å². The van der Waals surface area contributed by atoms with Crippen LogP contribution in [0, 0.1) is 0 Å². The molecule has 3 rings (SSSR count). The van der Waals surface area contributed by atoms with Gasteiger partial charge >= 0.3 is 5.97 Å². The van der Waals surface area contributed by atoms with Crippen LogP contribution < -0.4 is 9.64 Å². The number of benzene rings is 2. The van der Waals surface area contributed by atoms with E-state index in [0.717, 1.165) is 21.5 Å². The molecule has 0 saturated carbocycles. The van der Waals surface area contributed by atoms with Gasteiger partial charge in [0.2, 0.25) is 0 Å². The summed E-state index contributed by atoms with van der Waals surface area (Å²) in [5.74, 6) is 0.408. The average Bonchev–Trinajstić information content (AvgIpc) is 3.24. The molecular weight excluding hydrogens is 480 g/mol. The Labute approximate surface area is 215 Å².